The Balaban J connectivity index is 1.85. The van der Waals surface area contributed by atoms with Crippen LogP contribution in [0.3, 0.4) is 0 Å². The second-order valence-electron chi connectivity index (χ2n) is 6.52. The van der Waals surface area contributed by atoms with E-state index in [0.29, 0.717) is 0 Å². The maximum absolute atomic E-state index is 11.0. The Bertz CT molecular complexity index is 596. The van der Waals surface area contributed by atoms with Gasteiger partial charge >= 0.3 is 0 Å². The van der Waals surface area contributed by atoms with Gasteiger partial charge in [0.15, 0.2) is 0 Å². The highest BCUT2D eigenvalue weighted by atomic mass is 16.5. The summed E-state index contributed by atoms with van der Waals surface area (Å²) in [6.07, 6.45) is 1.77. The van der Waals surface area contributed by atoms with Gasteiger partial charge in [-0.25, -0.2) is 0 Å². The SMILES string of the molecule is CC(CN1CCCC1)(Oc1ccccc1)C(O)c1ccccc1. The molecule has 2 aromatic carbocycles. The van der Waals surface area contributed by atoms with Gasteiger partial charge in [0.1, 0.15) is 17.5 Å². The molecule has 23 heavy (non-hydrogen) atoms. The molecule has 0 aliphatic carbocycles. The monoisotopic (exact) mass is 311 g/mol. The smallest absolute Gasteiger partial charge is 0.149 e. The molecule has 2 atom stereocenters. The van der Waals surface area contributed by atoms with Crippen molar-refractivity contribution in [1.29, 1.82) is 0 Å². The van der Waals surface area contributed by atoms with Crippen molar-refractivity contribution in [2.24, 2.45) is 0 Å². The third kappa shape index (κ3) is 3.92. The summed E-state index contributed by atoms with van der Waals surface area (Å²) in [4.78, 5) is 2.38. The first kappa shape index (κ1) is 16.0. The number of benzene rings is 2. The highest BCUT2D eigenvalue weighted by Gasteiger charge is 2.38. The molecule has 3 nitrogen and oxygen atoms in total. The van der Waals surface area contributed by atoms with Crippen LogP contribution >= 0.6 is 0 Å². The fourth-order valence-electron chi connectivity index (χ4n) is 3.30. The molecule has 2 unspecified atom stereocenters. The molecule has 1 aliphatic heterocycles. The van der Waals surface area contributed by atoms with E-state index >= 15 is 0 Å². The molecule has 3 heteroatoms. The Kier molecular flexibility index (Phi) is 4.99. The highest BCUT2D eigenvalue weighted by Crippen LogP contribution is 2.32. The molecule has 0 spiro atoms. The molecule has 1 aliphatic rings. The van der Waals surface area contributed by atoms with E-state index in [-0.39, 0.29) is 0 Å². The van der Waals surface area contributed by atoms with Crippen LogP contribution in [0.5, 0.6) is 5.75 Å². The van der Waals surface area contributed by atoms with Gasteiger partial charge in [-0.05, 0) is 50.6 Å². The molecule has 0 amide bonds. The Morgan fingerprint density at radius 1 is 1.00 bits per heavy atom. The van der Waals surface area contributed by atoms with Crippen LogP contribution in [0.1, 0.15) is 31.4 Å². The third-order valence-corrected chi connectivity index (χ3v) is 4.52. The number of rotatable bonds is 6. The van der Waals surface area contributed by atoms with Crippen LogP contribution in [0.4, 0.5) is 0 Å². The molecule has 0 bridgehead atoms. The molecule has 1 N–H and O–H groups in total. The third-order valence-electron chi connectivity index (χ3n) is 4.52. The van der Waals surface area contributed by atoms with Crippen LogP contribution in [-0.4, -0.2) is 35.2 Å². The average molecular weight is 311 g/mol. The second kappa shape index (κ2) is 7.16. The van der Waals surface area contributed by atoms with Crippen molar-refractivity contribution in [1.82, 2.24) is 4.90 Å². The average Bonchev–Trinajstić information content (AvgIpc) is 3.08. The van der Waals surface area contributed by atoms with Crippen molar-refractivity contribution in [2.45, 2.75) is 31.5 Å². The summed E-state index contributed by atoms with van der Waals surface area (Å²) >= 11 is 0. The predicted octanol–water partition coefficient (Wildman–Crippen LogP) is 3.65. The summed E-state index contributed by atoms with van der Waals surface area (Å²) in [6, 6.07) is 19.6. The molecule has 3 rings (SSSR count). The lowest BCUT2D eigenvalue weighted by atomic mass is 9.91. The molecular weight excluding hydrogens is 286 g/mol. The zero-order valence-corrected chi connectivity index (χ0v) is 13.7. The van der Waals surface area contributed by atoms with Gasteiger partial charge in [-0.1, -0.05) is 48.5 Å². The van der Waals surface area contributed by atoms with Crippen molar-refractivity contribution in [3.05, 3.63) is 66.2 Å². The standard InChI is InChI=1S/C20H25NO2/c1-20(16-21-14-8-9-15-21,23-18-12-6-3-7-13-18)19(22)17-10-4-2-5-11-17/h2-7,10-13,19,22H,8-9,14-16H2,1H3. The van der Waals surface area contributed by atoms with Crippen LogP contribution in [0.15, 0.2) is 60.7 Å². The van der Waals surface area contributed by atoms with Gasteiger partial charge < -0.3 is 9.84 Å². The molecular formula is C20H25NO2. The first-order valence-electron chi connectivity index (χ1n) is 8.37. The van der Waals surface area contributed by atoms with Gasteiger partial charge in [-0.3, -0.25) is 4.90 Å². The number of aliphatic hydroxyl groups excluding tert-OH is 1. The van der Waals surface area contributed by atoms with Gasteiger partial charge in [0, 0.05) is 6.54 Å². The number of hydrogen-bond acceptors (Lipinski definition) is 3. The first-order valence-corrected chi connectivity index (χ1v) is 8.37. The fourth-order valence-corrected chi connectivity index (χ4v) is 3.30. The Hall–Kier alpha value is -1.84. The summed E-state index contributed by atoms with van der Waals surface area (Å²) in [7, 11) is 0. The van der Waals surface area contributed by atoms with E-state index in [1.807, 2.05) is 67.6 Å². The highest BCUT2D eigenvalue weighted by molar-refractivity contribution is 5.25. The number of likely N-dealkylation sites (tertiary alicyclic amines) is 1. The largest absolute Gasteiger partial charge is 0.483 e. The van der Waals surface area contributed by atoms with Crippen LogP contribution in [0, 0.1) is 0 Å². The Morgan fingerprint density at radius 3 is 2.17 bits per heavy atom. The normalized spacial score (nSPS) is 19.2. The van der Waals surface area contributed by atoms with Crippen LogP contribution in [0.2, 0.25) is 0 Å². The van der Waals surface area contributed by atoms with Gasteiger partial charge in [-0.2, -0.15) is 0 Å². The number of hydrogen-bond donors (Lipinski definition) is 1. The molecule has 0 radical (unpaired) electrons. The van der Waals surface area contributed by atoms with Crippen molar-refractivity contribution < 1.29 is 9.84 Å². The van der Waals surface area contributed by atoms with E-state index in [4.69, 9.17) is 4.74 Å². The lowest BCUT2D eigenvalue weighted by molar-refractivity contribution is -0.0604. The lowest BCUT2D eigenvalue weighted by Gasteiger charge is -2.38. The van der Waals surface area contributed by atoms with E-state index in [2.05, 4.69) is 4.90 Å². The molecule has 0 saturated carbocycles. The van der Waals surface area contributed by atoms with Crippen LogP contribution < -0.4 is 4.74 Å². The second-order valence-corrected chi connectivity index (χ2v) is 6.52. The zero-order valence-electron chi connectivity index (χ0n) is 13.7. The minimum Gasteiger partial charge on any atom is -0.483 e. The Morgan fingerprint density at radius 2 is 1.57 bits per heavy atom. The van der Waals surface area contributed by atoms with Gasteiger partial charge in [0.25, 0.3) is 0 Å². The predicted molar refractivity (Wildman–Crippen MR) is 92.6 cm³/mol. The van der Waals surface area contributed by atoms with Crippen molar-refractivity contribution >= 4 is 0 Å². The van der Waals surface area contributed by atoms with Crippen molar-refractivity contribution in [3.63, 3.8) is 0 Å². The van der Waals surface area contributed by atoms with Crippen LogP contribution in [-0.2, 0) is 0 Å². The fraction of sp³-hybridized carbons (Fsp3) is 0.400. The maximum Gasteiger partial charge on any atom is 0.149 e. The summed E-state index contributed by atoms with van der Waals surface area (Å²) in [6.45, 7) is 4.89. The number of nitrogens with zero attached hydrogens (tertiary/aromatic N) is 1. The first-order chi connectivity index (χ1) is 11.2. The number of aliphatic hydroxyl groups is 1. The van der Waals surface area contributed by atoms with E-state index in [0.717, 1.165) is 30.9 Å². The van der Waals surface area contributed by atoms with E-state index in [1.54, 1.807) is 0 Å². The lowest BCUT2D eigenvalue weighted by Crippen LogP contribution is -2.49. The molecule has 1 fully saturated rings. The minimum absolute atomic E-state index is 0.676. The topological polar surface area (TPSA) is 32.7 Å². The summed E-state index contributed by atoms with van der Waals surface area (Å²) in [5.74, 6) is 0.796. The zero-order chi connectivity index (χ0) is 16.1. The minimum atomic E-state index is -0.687. The molecule has 1 heterocycles. The van der Waals surface area contributed by atoms with Gasteiger partial charge in [-0.15, -0.1) is 0 Å². The van der Waals surface area contributed by atoms with Crippen molar-refractivity contribution in [3.8, 4) is 5.75 Å². The molecule has 122 valence electrons. The molecule has 1 saturated heterocycles. The van der Waals surface area contributed by atoms with Crippen LogP contribution in [0.25, 0.3) is 0 Å². The summed E-state index contributed by atoms with van der Waals surface area (Å²) < 4.78 is 6.29. The summed E-state index contributed by atoms with van der Waals surface area (Å²) in [5, 5.41) is 11.0. The van der Waals surface area contributed by atoms with E-state index in [1.165, 1.54) is 12.8 Å². The van der Waals surface area contributed by atoms with Crippen molar-refractivity contribution in [2.75, 3.05) is 19.6 Å². The Labute approximate surface area is 138 Å². The van der Waals surface area contributed by atoms with Gasteiger partial charge in [0.2, 0.25) is 0 Å². The summed E-state index contributed by atoms with van der Waals surface area (Å²) in [5.41, 5.74) is 0.206. The number of ether oxygens (including phenoxy) is 1. The maximum atomic E-state index is 11.0. The molecule has 2 aromatic rings. The van der Waals surface area contributed by atoms with E-state index < -0.39 is 11.7 Å². The number of para-hydroxylation sites is 1. The van der Waals surface area contributed by atoms with Gasteiger partial charge in [0.05, 0.1) is 0 Å². The quantitative estimate of drug-likeness (QED) is 0.884. The van der Waals surface area contributed by atoms with E-state index in [9.17, 15) is 5.11 Å². The molecule has 0 aromatic heterocycles.